The van der Waals surface area contributed by atoms with Crippen molar-refractivity contribution < 1.29 is 9.63 Å². The molecule has 1 aromatic rings. The van der Waals surface area contributed by atoms with E-state index in [1.165, 1.54) is 7.11 Å². The molecule has 0 bridgehead atoms. The van der Waals surface area contributed by atoms with Crippen LogP contribution in [0.3, 0.4) is 0 Å². The van der Waals surface area contributed by atoms with Crippen molar-refractivity contribution in [1.29, 1.82) is 0 Å². The molecule has 0 radical (unpaired) electrons. The number of benzene rings is 1. The summed E-state index contributed by atoms with van der Waals surface area (Å²) in [6, 6.07) is 7.49. The third-order valence-corrected chi connectivity index (χ3v) is 3.45. The fourth-order valence-electron chi connectivity index (χ4n) is 2.15. The third-order valence-electron chi connectivity index (χ3n) is 3.21. The average molecular weight is 240 g/mol. The Morgan fingerprint density at radius 2 is 2.25 bits per heavy atom. The van der Waals surface area contributed by atoms with Gasteiger partial charge in [-0.3, -0.25) is 9.63 Å². The lowest BCUT2D eigenvalue weighted by Crippen LogP contribution is -2.48. The van der Waals surface area contributed by atoms with Gasteiger partial charge in [0.15, 0.2) is 0 Å². The molecular weight excluding hydrogens is 226 g/mol. The molecule has 0 saturated heterocycles. The van der Waals surface area contributed by atoms with Crippen molar-refractivity contribution in [3.63, 3.8) is 0 Å². The lowest BCUT2D eigenvalue weighted by Gasteiger charge is -2.40. The van der Waals surface area contributed by atoms with Crippen LogP contribution in [0.15, 0.2) is 24.3 Å². The molecule has 0 aromatic heterocycles. The summed E-state index contributed by atoms with van der Waals surface area (Å²) in [5, 5.41) is 0.661. The molecule has 86 valence electrons. The van der Waals surface area contributed by atoms with Gasteiger partial charge in [0.2, 0.25) is 0 Å². The highest BCUT2D eigenvalue weighted by Gasteiger charge is 2.45. The Kier molecular flexibility index (Phi) is 3.17. The zero-order valence-corrected chi connectivity index (χ0v) is 9.88. The highest BCUT2D eigenvalue weighted by atomic mass is 35.5. The fourth-order valence-corrected chi connectivity index (χ4v) is 2.34. The van der Waals surface area contributed by atoms with Crippen molar-refractivity contribution in [3.05, 3.63) is 34.9 Å². The number of halogens is 1. The van der Waals surface area contributed by atoms with Crippen molar-refractivity contribution in [3.8, 4) is 0 Å². The third kappa shape index (κ3) is 1.81. The van der Waals surface area contributed by atoms with Crippen molar-refractivity contribution >= 4 is 17.5 Å². The molecule has 0 heterocycles. The van der Waals surface area contributed by atoms with Gasteiger partial charge in [0.05, 0.1) is 12.5 Å². The van der Waals surface area contributed by atoms with Crippen molar-refractivity contribution in [1.82, 2.24) is 5.48 Å². The topological polar surface area (TPSA) is 38.3 Å². The van der Waals surface area contributed by atoms with Crippen LogP contribution in [0.1, 0.15) is 24.8 Å². The monoisotopic (exact) mass is 239 g/mol. The Morgan fingerprint density at radius 3 is 2.75 bits per heavy atom. The van der Waals surface area contributed by atoms with E-state index in [9.17, 15) is 4.79 Å². The van der Waals surface area contributed by atoms with Crippen LogP contribution in [-0.2, 0) is 15.0 Å². The number of hydrogen-bond donors (Lipinski definition) is 1. The normalized spacial score (nSPS) is 17.6. The highest BCUT2D eigenvalue weighted by Crippen LogP contribution is 2.44. The van der Waals surface area contributed by atoms with E-state index in [0.717, 1.165) is 24.8 Å². The molecule has 0 atom stereocenters. The second-order valence-electron chi connectivity index (χ2n) is 4.08. The molecule has 1 aliphatic rings. The summed E-state index contributed by atoms with van der Waals surface area (Å²) < 4.78 is 0. The standard InChI is InChI=1S/C12H14ClNO2/c1-16-14-11(15)12(6-3-7-12)9-4-2-5-10(13)8-9/h2,4-5,8H,3,6-7H2,1H3,(H,14,15). The quantitative estimate of drug-likeness (QED) is 0.823. The van der Waals surface area contributed by atoms with Gasteiger partial charge in [-0.1, -0.05) is 30.2 Å². The van der Waals surface area contributed by atoms with Gasteiger partial charge < -0.3 is 0 Å². The molecule has 2 rings (SSSR count). The Hall–Kier alpha value is -1.06. The molecule has 1 aromatic carbocycles. The maximum Gasteiger partial charge on any atom is 0.254 e. The SMILES string of the molecule is CONC(=O)C1(c2cccc(Cl)c2)CCC1. The number of carbonyl (C=O) groups is 1. The van der Waals surface area contributed by atoms with E-state index in [1.54, 1.807) is 0 Å². The molecule has 0 spiro atoms. The summed E-state index contributed by atoms with van der Waals surface area (Å²) in [4.78, 5) is 16.7. The Labute approximate surface area is 99.7 Å². The number of amides is 1. The second-order valence-corrected chi connectivity index (χ2v) is 4.52. The highest BCUT2D eigenvalue weighted by molar-refractivity contribution is 6.30. The molecule has 0 aliphatic heterocycles. The average Bonchev–Trinajstić information content (AvgIpc) is 2.16. The molecular formula is C12H14ClNO2. The summed E-state index contributed by atoms with van der Waals surface area (Å²) in [5.74, 6) is -0.0801. The van der Waals surface area contributed by atoms with Crippen LogP contribution in [0.2, 0.25) is 5.02 Å². The van der Waals surface area contributed by atoms with Crippen LogP contribution >= 0.6 is 11.6 Å². The smallest absolute Gasteiger partial charge is 0.254 e. The van der Waals surface area contributed by atoms with Gasteiger partial charge in [-0.15, -0.1) is 0 Å². The largest absolute Gasteiger partial charge is 0.277 e. The van der Waals surface area contributed by atoms with E-state index in [4.69, 9.17) is 16.4 Å². The van der Waals surface area contributed by atoms with Crippen LogP contribution in [0.25, 0.3) is 0 Å². The van der Waals surface area contributed by atoms with Crippen LogP contribution < -0.4 is 5.48 Å². The number of carbonyl (C=O) groups excluding carboxylic acids is 1. The molecule has 1 amide bonds. The zero-order valence-electron chi connectivity index (χ0n) is 9.13. The van der Waals surface area contributed by atoms with E-state index >= 15 is 0 Å². The Morgan fingerprint density at radius 1 is 1.50 bits per heavy atom. The van der Waals surface area contributed by atoms with Gasteiger partial charge in [-0.05, 0) is 30.5 Å². The predicted molar refractivity (Wildman–Crippen MR) is 62.1 cm³/mol. The lowest BCUT2D eigenvalue weighted by molar-refractivity contribution is -0.140. The maximum atomic E-state index is 12.0. The first-order valence-corrected chi connectivity index (χ1v) is 5.66. The Bertz CT molecular complexity index is 402. The number of hydroxylamine groups is 1. The maximum absolute atomic E-state index is 12.0. The fraction of sp³-hybridized carbons (Fsp3) is 0.417. The first-order chi connectivity index (χ1) is 7.69. The molecule has 1 saturated carbocycles. The summed E-state index contributed by atoms with van der Waals surface area (Å²) in [6.07, 6.45) is 2.76. The van der Waals surface area contributed by atoms with Gasteiger partial charge in [0.1, 0.15) is 0 Å². The van der Waals surface area contributed by atoms with Crippen molar-refractivity contribution in [2.45, 2.75) is 24.7 Å². The van der Waals surface area contributed by atoms with Crippen LogP contribution in [0.4, 0.5) is 0 Å². The summed E-state index contributed by atoms with van der Waals surface area (Å²) >= 11 is 5.95. The van der Waals surface area contributed by atoms with Gasteiger partial charge in [0, 0.05) is 5.02 Å². The predicted octanol–water partition coefficient (Wildman–Crippen LogP) is 2.44. The van der Waals surface area contributed by atoms with E-state index < -0.39 is 5.41 Å². The van der Waals surface area contributed by atoms with E-state index in [-0.39, 0.29) is 5.91 Å². The van der Waals surface area contributed by atoms with Gasteiger partial charge >= 0.3 is 0 Å². The van der Waals surface area contributed by atoms with E-state index in [1.807, 2.05) is 24.3 Å². The van der Waals surface area contributed by atoms with E-state index in [2.05, 4.69) is 5.48 Å². The van der Waals surface area contributed by atoms with E-state index in [0.29, 0.717) is 5.02 Å². The number of rotatable bonds is 3. The summed E-state index contributed by atoms with van der Waals surface area (Å²) in [7, 11) is 1.45. The van der Waals surface area contributed by atoms with Crippen LogP contribution in [0, 0.1) is 0 Å². The number of hydrogen-bond acceptors (Lipinski definition) is 2. The number of nitrogens with one attached hydrogen (secondary N) is 1. The molecule has 3 nitrogen and oxygen atoms in total. The first-order valence-electron chi connectivity index (χ1n) is 5.28. The van der Waals surface area contributed by atoms with Gasteiger partial charge in [0.25, 0.3) is 5.91 Å². The van der Waals surface area contributed by atoms with Crippen molar-refractivity contribution in [2.24, 2.45) is 0 Å². The molecule has 1 N–H and O–H groups in total. The lowest BCUT2D eigenvalue weighted by atomic mass is 9.64. The molecule has 16 heavy (non-hydrogen) atoms. The zero-order chi connectivity index (χ0) is 11.6. The molecule has 1 aliphatic carbocycles. The minimum Gasteiger partial charge on any atom is -0.277 e. The van der Waals surface area contributed by atoms with Crippen molar-refractivity contribution in [2.75, 3.05) is 7.11 Å². The minimum atomic E-state index is -0.444. The van der Waals surface area contributed by atoms with Gasteiger partial charge in [-0.25, -0.2) is 5.48 Å². The minimum absolute atomic E-state index is 0.0801. The first kappa shape index (κ1) is 11.4. The van der Waals surface area contributed by atoms with Gasteiger partial charge in [-0.2, -0.15) is 0 Å². The molecule has 4 heteroatoms. The van der Waals surface area contributed by atoms with Crippen LogP contribution in [0.5, 0.6) is 0 Å². The molecule has 0 unspecified atom stereocenters. The molecule has 1 fully saturated rings. The summed E-state index contributed by atoms with van der Waals surface area (Å²) in [6.45, 7) is 0. The Balaban J connectivity index is 2.31. The van der Waals surface area contributed by atoms with Crippen LogP contribution in [-0.4, -0.2) is 13.0 Å². The summed E-state index contributed by atoms with van der Waals surface area (Å²) in [5.41, 5.74) is 2.95. The second kappa shape index (κ2) is 4.44.